The van der Waals surface area contributed by atoms with Crippen molar-refractivity contribution in [1.29, 1.82) is 5.26 Å². The molecule has 0 N–H and O–H groups in total. The molecule has 0 radical (unpaired) electrons. The van der Waals surface area contributed by atoms with Gasteiger partial charge in [0.1, 0.15) is 0 Å². The summed E-state index contributed by atoms with van der Waals surface area (Å²) in [5, 5.41) is 9.12. The third kappa shape index (κ3) is 3.47. The first-order valence-corrected chi connectivity index (χ1v) is 8.05. The second-order valence-electron chi connectivity index (χ2n) is 6.15. The first kappa shape index (κ1) is 16.2. The summed E-state index contributed by atoms with van der Waals surface area (Å²) in [6.07, 6.45) is 0. The number of rotatable bonds is 4. The Balaban J connectivity index is 1.83. The Hall–Kier alpha value is -2.64. The third-order valence-electron chi connectivity index (χ3n) is 4.59. The van der Waals surface area contributed by atoms with Crippen molar-refractivity contribution >= 4 is 5.97 Å². The summed E-state index contributed by atoms with van der Waals surface area (Å²) in [5.74, 6) is -0.333. The zero-order valence-corrected chi connectivity index (χ0v) is 13.7. The smallest absolute Gasteiger partial charge is 0.310 e. The van der Waals surface area contributed by atoms with E-state index in [-0.39, 0.29) is 17.8 Å². The van der Waals surface area contributed by atoms with Crippen LogP contribution in [0.4, 0.5) is 0 Å². The molecule has 0 amide bonds. The summed E-state index contributed by atoms with van der Waals surface area (Å²) in [5.41, 5.74) is 2.88. The fourth-order valence-electron chi connectivity index (χ4n) is 3.42. The Bertz CT molecular complexity index is 752. The van der Waals surface area contributed by atoms with E-state index in [9.17, 15) is 4.79 Å². The molecule has 2 atom stereocenters. The molecule has 0 aromatic heterocycles. The summed E-state index contributed by atoms with van der Waals surface area (Å²) in [7, 11) is 1.44. The highest BCUT2D eigenvalue weighted by molar-refractivity contribution is 5.74. The topological polar surface area (TPSA) is 53.3 Å². The fourth-order valence-corrected chi connectivity index (χ4v) is 3.42. The Morgan fingerprint density at radius 2 is 2.00 bits per heavy atom. The van der Waals surface area contributed by atoms with Crippen LogP contribution in [0, 0.1) is 17.2 Å². The van der Waals surface area contributed by atoms with E-state index in [1.165, 1.54) is 12.7 Å². The SMILES string of the molecule is COC(=O)[C@@H]1CN(Cc2ccccc2)C[C@H]1c1cccc(C#N)c1. The maximum absolute atomic E-state index is 12.2. The first-order chi connectivity index (χ1) is 11.7. The van der Waals surface area contributed by atoms with Gasteiger partial charge >= 0.3 is 5.97 Å². The van der Waals surface area contributed by atoms with Gasteiger partial charge in [-0.1, -0.05) is 42.5 Å². The average Bonchev–Trinajstić information content (AvgIpc) is 3.05. The van der Waals surface area contributed by atoms with Crippen LogP contribution in [0.3, 0.4) is 0 Å². The highest BCUT2D eigenvalue weighted by Crippen LogP contribution is 2.34. The summed E-state index contributed by atoms with van der Waals surface area (Å²) in [6.45, 7) is 2.26. The van der Waals surface area contributed by atoms with E-state index in [2.05, 4.69) is 23.1 Å². The van der Waals surface area contributed by atoms with Crippen molar-refractivity contribution in [2.45, 2.75) is 12.5 Å². The summed E-state index contributed by atoms with van der Waals surface area (Å²) in [6, 6.07) is 19.9. The maximum atomic E-state index is 12.2. The van der Waals surface area contributed by atoms with E-state index in [0.29, 0.717) is 12.1 Å². The first-order valence-electron chi connectivity index (χ1n) is 8.05. The van der Waals surface area contributed by atoms with Crippen molar-refractivity contribution in [1.82, 2.24) is 4.90 Å². The van der Waals surface area contributed by atoms with Gasteiger partial charge in [0.15, 0.2) is 0 Å². The predicted octanol–water partition coefficient (Wildman–Crippen LogP) is 2.95. The molecule has 1 aliphatic heterocycles. The molecule has 1 aliphatic rings. The lowest BCUT2D eigenvalue weighted by atomic mass is 9.88. The van der Waals surface area contributed by atoms with Crippen molar-refractivity contribution in [3.63, 3.8) is 0 Å². The van der Waals surface area contributed by atoms with Crippen molar-refractivity contribution in [2.24, 2.45) is 5.92 Å². The van der Waals surface area contributed by atoms with Crippen molar-refractivity contribution in [3.05, 3.63) is 71.3 Å². The van der Waals surface area contributed by atoms with Crippen molar-refractivity contribution < 1.29 is 9.53 Å². The Labute approximate surface area is 142 Å². The molecule has 2 aromatic rings. The van der Waals surface area contributed by atoms with Gasteiger partial charge in [-0.05, 0) is 23.3 Å². The minimum atomic E-state index is -0.201. The number of nitrogens with zero attached hydrogens (tertiary/aromatic N) is 2. The van der Waals surface area contributed by atoms with E-state index in [0.717, 1.165) is 18.7 Å². The molecule has 1 saturated heterocycles. The maximum Gasteiger partial charge on any atom is 0.310 e. The number of carbonyl (C=O) groups excluding carboxylic acids is 1. The van der Waals surface area contributed by atoms with Crippen LogP contribution in [-0.2, 0) is 16.1 Å². The van der Waals surface area contributed by atoms with Crippen LogP contribution in [0.15, 0.2) is 54.6 Å². The van der Waals surface area contributed by atoms with E-state index in [1.807, 2.05) is 36.4 Å². The fraction of sp³-hybridized carbons (Fsp3) is 0.300. The van der Waals surface area contributed by atoms with Crippen LogP contribution in [0.25, 0.3) is 0 Å². The van der Waals surface area contributed by atoms with Crippen molar-refractivity contribution in [3.8, 4) is 6.07 Å². The Kier molecular flexibility index (Phi) is 4.93. The molecule has 122 valence electrons. The quantitative estimate of drug-likeness (QED) is 0.813. The minimum Gasteiger partial charge on any atom is -0.469 e. The van der Waals surface area contributed by atoms with Gasteiger partial charge in [-0.25, -0.2) is 0 Å². The molecule has 0 unspecified atom stereocenters. The normalized spacial score (nSPS) is 20.5. The van der Waals surface area contributed by atoms with Gasteiger partial charge in [-0.15, -0.1) is 0 Å². The van der Waals surface area contributed by atoms with Gasteiger partial charge in [0.2, 0.25) is 0 Å². The molecule has 3 rings (SSSR count). The monoisotopic (exact) mass is 320 g/mol. The number of nitriles is 1. The second kappa shape index (κ2) is 7.29. The van der Waals surface area contributed by atoms with E-state index in [4.69, 9.17) is 10.00 Å². The van der Waals surface area contributed by atoms with Crippen LogP contribution in [0.2, 0.25) is 0 Å². The standard InChI is InChI=1S/C20H20N2O2/c1-24-20(23)19-14-22(12-15-6-3-2-4-7-15)13-18(19)17-9-5-8-16(10-17)11-21/h2-10,18-19H,12-14H2,1H3/t18-,19+/m0/s1. The predicted molar refractivity (Wildman–Crippen MR) is 91.1 cm³/mol. The van der Waals surface area contributed by atoms with Crippen molar-refractivity contribution in [2.75, 3.05) is 20.2 Å². The van der Waals surface area contributed by atoms with Crippen LogP contribution in [0.1, 0.15) is 22.6 Å². The van der Waals surface area contributed by atoms with Crippen LogP contribution >= 0.6 is 0 Å². The number of hydrogen-bond donors (Lipinski definition) is 0. The summed E-state index contributed by atoms with van der Waals surface area (Å²) < 4.78 is 5.01. The second-order valence-corrected chi connectivity index (χ2v) is 6.15. The molecule has 4 nitrogen and oxygen atoms in total. The zero-order valence-electron chi connectivity index (χ0n) is 13.7. The number of likely N-dealkylation sites (tertiary alicyclic amines) is 1. The number of carbonyl (C=O) groups is 1. The highest BCUT2D eigenvalue weighted by Gasteiger charge is 2.39. The van der Waals surface area contributed by atoms with E-state index < -0.39 is 0 Å². The largest absolute Gasteiger partial charge is 0.469 e. The zero-order chi connectivity index (χ0) is 16.9. The molecule has 0 bridgehead atoms. The summed E-state index contributed by atoms with van der Waals surface area (Å²) in [4.78, 5) is 14.5. The molecule has 24 heavy (non-hydrogen) atoms. The van der Waals surface area contributed by atoms with Gasteiger partial charge in [0.05, 0.1) is 24.7 Å². The number of esters is 1. The van der Waals surface area contributed by atoms with Gasteiger partial charge in [0, 0.05) is 25.6 Å². The molecule has 0 saturated carbocycles. The molecular formula is C20H20N2O2. The lowest BCUT2D eigenvalue weighted by Gasteiger charge is -2.17. The van der Waals surface area contributed by atoms with Crippen LogP contribution < -0.4 is 0 Å². The molecular weight excluding hydrogens is 300 g/mol. The van der Waals surface area contributed by atoms with Crippen LogP contribution in [-0.4, -0.2) is 31.1 Å². The van der Waals surface area contributed by atoms with Crippen LogP contribution in [0.5, 0.6) is 0 Å². The highest BCUT2D eigenvalue weighted by atomic mass is 16.5. The molecule has 4 heteroatoms. The van der Waals surface area contributed by atoms with E-state index in [1.54, 1.807) is 6.07 Å². The number of hydrogen-bond acceptors (Lipinski definition) is 4. The number of benzene rings is 2. The lowest BCUT2D eigenvalue weighted by Crippen LogP contribution is -2.24. The van der Waals surface area contributed by atoms with Gasteiger partial charge in [-0.3, -0.25) is 9.69 Å². The molecule has 2 aromatic carbocycles. The average molecular weight is 320 g/mol. The Morgan fingerprint density at radius 1 is 1.21 bits per heavy atom. The number of ether oxygens (including phenoxy) is 1. The third-order valence-corrected chi connectivity index (χ3v) is 4.59. The summed E-state index contributed by atoms with van der Waals surface area (Å²) >= 11 is 0. The van der Waals surface area contributed by atoms with Gasteiger partial charge in [-0.2, -0.15) is 5.26 Å². The Morgan fingerprint density at radius 3 is 2.71 bits per heavy atom. The minimum absolute atomic E-state index is 0.0504. The number of methoxy groups -OCH3 is 1. The van der Waals surface area contributed by atoms with Gasteiger partial charge < -0.3 is 4.74 Å². The molecule has 0 aliphatic carbocycles. The van der Waals surface area contributed by atoms with E-state index >= 15 is 0 Å². The lowest BCUT2D eigenvalue weighted by molar-refractivity contribution is -0.145. The van der Waals surface area contributed by atoms with Gasteiger partial charge in [0.25, 0.3) is 0 Å². The molecule has 0 spiro atoms. The molecule has 1 heterocycles. The molecule has 1 fully saturated rings.